The maximum atomic E-state index is 13.2. The van der Waals surface area contributed by atoms with Gasteiger partial charge in [0.2, 0.25) is 5.78 Å². The van der Waals surface area contributed by atoms with Crippen LogP contribution in [0.3, 0.4) is 0 Å². The van der Waals surface area contributed by atoms with Gasteiger partial charge < -0.3 is 0 Å². The van der Waals surface area contributed by atoms with Crippen LogP contribution in [0.25, 0.3) is 55.4 Å². The van der Waals surface area contributed by atoms with E-state index in [1.807, 2.05) is 53.2 Å². The van der Waals surface area contributed by atoms with Crippen molar-refractivity contribution in [3.8, 4) is 16.8 Å². The monoisotopic (exact) mass is 480 g/mol. The first-order valence-electron chi connectivity index (χ1n) is 11.1. The SMILES string of the molecule is FC(F)(F)c1ccc(-n2c3c4cc(-c5cnc6ccccc6c5)ccc4ncc3n3cnnc23)cc1. The largest absolute Gasteiger partial charge is 0.416 e. The number of imidazole rings is 1. The van der Waals surface area contributed by atoms with E-state index < -0.39 is 11.7 Å². The number of nitrogens with zero attached hydrogens (tertiary/aromatic N) is 6. The average Bonchev–Trinajstić information content (AvgIpc) is 3.49. The van der Waals surface area contributed by atoms with E-state index in [2.05, 4.69) is 26.2 Å². The molecule has 0 amide bonds. The van der Waals surface area contributed by atoms with Gasteiger partial charge in [-0.1, -0.05) is 24.3 Å². The molecule has 6 nitrogen and oxygen atoms in total. The van der Waals surface area contributed by atoms with Gasteiger partial charge >= 0.3 is 6.18 Å². The van der Waals surface area contributed by atoms with Gasteiger partial charge in [-0.2, -0.15) is 13.2 Å². The fourth-order valence-electron chi connectivity index (χ4n) is 4.68. The lowest BCUT2D eigenvalue weighted by atomic mass is 10.0. The van der Waals surface area contributed by atoms with E-state index in [0.29, 0.717) is 11.5 Å². The molecule has 0 saturated carbocycles. The number of para-hydroxylation sites is 1. The molecule has 0 aliphatic carbocycles. The van der Waals surface area contributed by atoms with Crippen LogP contribution in [-0.2, 0) is 6.18 Å². The van der Waals surface area contributed by atoms with Crippen LogP contribution in [0, 0.1) is 0 Å². The Balaban J connectivity index is 1.50. The highest BCUT2D eigenvalue weighted by Crippen LogP contribution is 2.34. The number of hydrogen-bond donors (Lipinski definition) is 0. The highest BCUT2D eigenvalue weighted by molar-refractivity contribution is 6.06. The minimum Gasteiger partial charge on any atom is -0.276 e. The molecule has 0 radical (unpaired) electrons. The molecular formula is C27H15F3N6. The Labute approximate surface area is 201 Å². The van der Waals surface area contributed by atoms with Crippen LogP contribution in [0.15, 0.2) is 91.5 Å². The van der Waals surface area contributed by atoms with Crippen LogP contribution in [0.2, 0.25) is 0 Å². The summed E-state index contributed by atoms with van der Waals surface area (Å²) < 4.78 is 43.1. The van der Waals surface area contributed by atoms with Gasteiger partial charge in [-0.3, -0.25) is 18.9 Å². The fraction of sp³-hybridized carbons (Fsp3) is 0.0370. The first-order valence-corrected chi connectivity index (χ1v) is 11.1. The van der Waals surface area contributed by atoms with Crippen molar-refractivity contribution in [2.24, 2.45) is 0 Å². The molecule has 0 bridgehead atoms. The van der Waals surface area contributed by atoms with Crippen LogP contribution in [0.1, 0.15) is 5.56 Å². The molecule has 0 spiro atoms. The van der Waals surface area contributed by atoms with Crippen molar-refractivity contribution in [3.63, 3.8) is 0 Å². The fourth-order valence-corrected chi connectivity index (χ4v) is 4.68. The van der Waals surface area contributed by atoms with Crippen LogP contribution in [0.5, 0.6) is 0 Å². The second-order valence-corrected chi connectivity index (χ2v) is 8.52. The van der Waals surface area contributed by atoms with Gasteiger partial charge in [-0.05, 0) is 54.1 Å². The topological polar surface area (TPSA) is 60.9 Å². The summed E-state index contributed by atoms with van der Waals surface area (Å²) in [5, 5.41) is 10.1. The highest BCUT2D eigenvalue weighted by Gasteiger charge is 2.30. The molecule has 36 heavy (non-hydrogen) atoms. The Kier molecular flexibility index (Phi) is 4.20. The van der Waals surface area contributed by atoms with Crippen molar-refractivity contribution < 1.29 is 13.2 Å². The first kappa shape index (κ1) is 20.6. The van der Waals surface area contributed by atoms with Gasteiger partial charge in [0.25, 0.3) is 0 Å². The molecule has 0 unspecified atom stereocenters. The molecule has 4 heterocycles. The van der Waals surface area contributed by atoms with E-state index in [1.165, 1.54) is 12.1 Å². The van der Waals surface area contributed by atoms with Crippen molar-refractivity contribution in [2.75, 3.05) is 0 Å². The van der Waals surface area contributed by atoms with Crippen molar-refractivity contribution >= 4 is 38.6 Å². The summed E-state index contributed by atoms with van der Waals surface area (Å²) in [5.41, 5.74) is 4.92. The number of aromatic nitrogens is 6. The zero-order chi connectivity index (χ0) is 24.4. The Morgan fingerprint density at radius 2 is 1.56 bits per heavy atom. The normalized spacial score (nSPS) is 12.3. The third kappa shape index (κ3) is 3.06. The summed E-state index contributed by atoms with van der Waals surface area (Å²) in [5.74, 6) is 0.483. The molecule has 0 aliphatic heterocycles. The minimum atomic E-state index is -4.42. The number of benzene rings is 3. The number of alkyl halides is 3. The Morgan fingerprint density at radius 1 is 0.750 bits per heavy atom. The van der Waals surface area contributed by atoms with Gasteiger partial charge in [0.1, 0.15) is 6.33 Å². The first-order chi connectivity index (χ1) is 17.5. The van der Waals surface area contributed by atoms with Gasteiger partial charge in [0, 0.05) is 28.2 Å². The smallest absolute Gasteiger partial charge is 0.276 e. The number of fused-ring (bicyclic) bond motifs is 6. The third-order valence-electron chi connectivity index (χ3n) is 6.41. The number of pyridine rings is 2. The van der Waals surface area contributed by atoms with Gasteiger partial charge in [-0.15, -0.1) is 10.2 Å². The van der Waals surface area contributed by atoms with E-state index >= 15 is 0 Å². The lowest BCUT2D eigenvalue weighted by Gasteiger charge is -2.11. The van der Waals surface area contributed by atoms with E-state index in [-0.39, 0.29) is 0 Å². The minimum absolute atomic E-state index is 0.483. The maximum Gasteiger partial charge on any atom is 0.416 e. The highest BCUT2D eigenvalue weighted by atomic mass is 19.4. The molecule has 0 atom stereocenters. The number of hydrogen-bond acceptors (Lipinski definition) is 4. The summed E-state index contributed by atoms with van der Waals surface area (Å²) in [4.78, 5) is 9.21. The average molecular weight is 480 g/mol. The zero-order valence-electron chi connectivity index (χ0n) is 18.5. The summed E-state index contributed by atoms with van der Waals surface area (Å²) in [6, 6.07) is 21.0. The third-order valence-corrected chi connectivity index (χ3v) is 6.41. The van der Waals surface area contributed by atoms with E-state index in [0.717, 1.165) is 56.1 Å². The molecule has 4 aromatic heterocycles. The van der Waals surface area contributed by atoms with Crippen molar-refractivity contribution in [2.45, 2.75) is 6.18 Å². The molecule has 0 saturated heterocycles. The Bertz CT molecular complexity index is 1930. The molecule has 7 rings (SSSR count). The molecule has 7 aromatic rings. The van der Waals surface area contributed by atoms with Crippen molar-refractivity contribution in [3.05, 3.63) is 97.1 Å². The predicted molar refractivity (Wildman–Crippen MR) is 131 cm³/mol. The van der Waals surface area contributed by atoms with Crippen molar-refractivity contribution in [1.29, 1.82) is 0 Å². The standard InChI is InChI=1S/C27H15F3N6/c28-27(29,30)19-6-8-20(9-7-19)36-25-21-12-16(18-11-17-3-1-2-4-22(17)31-13-18)5-10-23(21)32-14-24(25)35-15-33-34-26(35)36/h1-15H. The Hall–Kier alpha value is -4.79. The second-order valence-electron chi connectivity index (χ2n) is 8.52. The summed E-state index contributed by atoms with van der Waals surface area (Å²) in [7, 11) is 0. The second kappa shape index (κ2) is 7.35. The zero-order valence-corrected chi connectivity index (χ0v) is 18.5. The van der Waals surface area contributed by atoms with Crippen LogP contribution >= 0.6 is 0 Å². The van der Waals surface area contributed by atoms with Gasteiger partial charge in [0.05, 0.1) is 33.8 Å². The van der Waals surface area contributed by atoms with Crippen molar-refractivity contribution in [1.82, 2.24) is 29.1 Å². The lowest BCUT2D eigenvalue weighted by molar-refractivity contribution is -0.137. The number of rotatable bonds is 2. The predicted octanol–water partition coefficient (Wildman–Crippen LogP) is 6.46. The molecule has 0 N–H and O–H groups in total. The van der Waals surface area contributed by atoms with Gasteiger partial charge in [-0.25, -0.2) is 0 Å². The maximum absolute atomic E-state index is 13.2. The van der Waals surface area contributed by atoms with Crippen LogP contribution < -0.4 is 0 Å². The molecular weight excluding hydrogens is 465 g/mol. The Morgan fingerprint density at radius 3 is 2.39 bits per heavy atom. The van der Waals surface area contributed by atoms with Crippen LogP contribution in [-0.4, -0.2) is 29.1 Å². The summed E-state index contributed by atoms with van der Waals surface area (Å²) in [6.07, 6.45) is 0.721. The van der Waals surface area contributed by atoms with Crippen LogP contribution in [0.4, 0.5) is 13.2 Å². The molecule has 3 aromatic carbocycles. The van der Waals surface area contributed by atoms with E-state index in [9.17, 15) is 13.2 Å². The van der Waals surface area contributed by atoms with E-state index in [1.54, 1.807) is 16.9 Å². The molecule has 9 heteroatoms. The van der Waals surface area contributed by atoms with E-state index in [4.69, 9.17) is 0 Å². The quantitative estimate of drug-likeness (QED) is 0.285. The van der Waals surface area contributed by atoms with Gasteiger partial charge in [0.15, 0.2) is 0 Å². The lowest BCUT2D eigenvalue weighted by Crippen LogP contribution is -2.05. The summed E-state index contributed by atoms with van der Waals surface area (Å²) >= 11 is 0. The molecule has 174 valence electrons. The molecule has 0 fully saturated rings. The number of halogens is 3. The summed E-state index contributed by atoms with van der Waals surface area (Å²) in [6.45, 7) is 0. The molecule has 0 aliphatic rings.